The van der Waals surface area contributed by atoms with Gasteiger partial charge in [0.05, 0.1) is 5.39 Å². The Morgan fingerprint density at radius 1 is 1.14 bits per heavy atom. The van der Waals surface area contributed by atoms with Gasteiger partial charge in [0.2, 0.25) is 0 Å². The van der Waals surface area contributed by atoms with Crippen LogP contribution in [0, 0.1) is 0 Å². The largest absolute Gasteiger partial charge is 0.451 e. The summed E-state index contributed by atoms with van der Waals surface area (Å²) in [5.74, 6) is -1.02. The second kappa shape index (κ2) is 7.22. The van der Waals surface area contributed by atoms with Crippen molar-refractivity contribution in [1.82, 2.24) is 15.0 Å². The lowest BCUT2D eigenvalue weighted by Crippen LogP contribution is -2.40. The highest BCUT2D eigenvalue weighted by Gasteiger charge is 2.29. The molecule has 1 aliphatic heterocycles. The van der Waals surface area contributed by atoms with E-state index in [1.54, 1.807) is 29.2 Å². The number of carbonyl (C=O) groups excluding carboxylic acids is 2. The lowest BCUT2D eigenvalue weighted by atomic mass is 10.2. The molecule has 3 aromatic rings. The van der Waals surface area contributed by atoms with Crippen LogP contribution in [0.3, 0.4) is 0 Å². The summed E-state index contributed by atoms with van der Waals surface area (Å²) in [4.78, 5) is 39.0. The van der Waals surface area contributed by atoms with Gasteiger partial charge in [0.15, 0.2) is 6.10 Å². The second-order valence-electron chi connectivity index (χ2n) is 6.57. The molecular weight excluding hydrogens is 360 g/mol. The molecule has 2 heterocycles. The number of benzene rings is 2. The summed E-state index contributed by atoms with van der Waals surface area (Å²) in [5, 5.41) is 8.06. The highest BCUT2D eigenvalue weighted by molar-refractivity contribution is 5.99. The molecule has 8 nitrogen and oxygen atoms in total. The molecule has 2 aromatic carbocycles. The molecule has 0 bridgehead atoms. The molecule has 1 aromatic heterocycles. The summed E-state index contributed by atoms with van der Waals surface area (Å²) in [6.45, 7) is 1.66. The minimum atomic E-state index is -0.970. The maximum absolute atomic E-state index is 12.7. The van der Waals surface area contributed by atoms with Crippen molar-refractivity contribution in [3.8, 4) is 0 Å². The monoisotopic (exact) mass is 378 g/mol. The SMILES string of the molecule is C[C@H](OC(=O)Cn1nnc2ccccc2c1=O)C(=O)N1CCc2ccccc21. The zero-order chi connectivity index (χ0) is 19.7. The predicted octanol–water partition coefficient (Wildman–Crippen LogP) is 1.31. The minimum absolute atomic E-state index is 0.296. The Kier molecular flexibility index (Phi) is 4.60. The van der Waals surface area contributed by atoms with Crippen molar-refractivity contribution in [2.75, 3.05) is 11.4 Å². The average Bonchev–Trinajstić information content (AvgIpc) is 3.14. The molecule has 0 fully saturated rings. The van der Waals surface area contributed by atoms with E-state index in [0.29, 0.717) is 17.4 Å². The number of hydrogen-bond donors (Lipinski definition) is 0. The van der Waals surface area contributed by atoms with Crippen molar-refractivity contribution in [1.29, 1.82) is 0 Å². The highest BCUT2D eigenvalue weighted by Crippen LogP contribution is 2.28. The summed E-state index contributed by atoms with van der Waals surface area (Å²) < 4.78 is 6.19. The van der Waals surface area contributed by atoms with E-state index in [4.69, 9.17) is 4.74 Å². The van der Waals surface area contributed by atoms with Gasteiger partial charge in [0, 0.05) is 12.2 Å². The van der Waals surface area contributed by atoms with Crippen molar-refractivity contribution in [3.63, 3.8) is 0 Å². The average molecular weight is 378 g/mol. The van der Waals surface area contributed by atoms with Crippen LogP contribution >= 0.6 is 0 Å². The molecule has 4 rings (SSSR count). The number of fused-ring (bicyclic) bond motifs is 2. The van der Waals surface area contributed by atoms with Crippen LogP contribution in [0.4, 0.5) is 5.69 Å². The summed E-state index contributed by atoms with van der Waals surface area (Å²) >= 11 is 0. The van der Waals surface area contributed by atoms with Crippen molar-refractivity contribution >= 4 is 28.5 Å². The lowest BCUT2D eigenvalue weighted by Gasteiger charge is -2.21. The Balaban J connectivity index is 1.45. The zero-order valence-electron chi connectivity index (χ0n) is 15.2. The number of anilines is 1. The van der Waals surface area contributed by atoms with Gasteiger partial charge in [-0.05, 0) is 37.1 Å². The van der Waals surface area contributed by atoms with E-state index in [1.165, 1.54) is 6.92 Å². The van der Waals surface area contributed by atoms with E-state index in [-0.39, 0.29) is 5.91 Å². The topological polar surface area (TPSA) is 94.4 Å². The van der Waals surface area contributed by atoms with Gasteiger partial charge in [-0.25, -0.2) is 0 Å². The Labute approximate surface area is 160 Å². The third-order valence-corrected chi connectivity index (χ3v) is 4.72. The Hall–Kier alpha value is -3.55. The summed E-state index contributed by atoms with van der Waals surface area (Å²) in [6.07, 6.45) is -0.201. The van der Waals surface area contributed by atoms with E-state index in [9.17, 15) is 14.4 Å². The summed E-state index contributed by atoms with van der Waals surface area (Å²) in [6, 6.07) is 14.4. The first-order valence-corrected chi connectivity index (χ1v) is 8.96. The zero-order valence-corrected chi connectivity index (χ0v) is 15.2. The van der Waals surface area contributed by atoms with Crippen molar-refractivity contribution in [2.45, 2.75) is 26.0 Å². The number of carbonyl (C=O) groups is 2. The van der Waals surface area contributed by atoms with Gasteiger partial charge >= 0.3 is 5.97 Å². The first-order valence-electron chi connectivity index (χ1n) is 8.96. The van der Waals surface area contributed by atoms with E-state index >= 15 is 0 Å². The van der Waals surface area contributed by atoms with Crippen LogP contribution in [-0.4, -0.2) is 39.5 Å². The maximum atomic E-state index is 12.7. The molecule has 0 unspecified atom stereocenters. The normalized spacial score (nSPS) is 14.0. The van der Waals surface area contributed by atoms with Crippen LogP contribution in [-0.2, 0) is 27.3 Å². The van der Waals surface area contributed by atoms with Gasteiger partial charge in [-0.15, -0.1) is 5.10 Å². The van der Waals surface area contributed by atoms with Gasteiger partial charge in [-0.1, -0.05) is 35.5 Å². The number of rotatable bonds is 4. The molecule has 28 heavy (non-hydrogen) atoms. The molecule has 142 valence electrons. The molecule has 0 N–H and O–H groups in total. The molecule has 1 amide bonds. The van der Waals surface area contributed by atoms with Crippen LogP contribution < -0.4 is 10.5 Å². The van der Waals surface area contributed by atoms with Crippen molar-refractivity contribution in [3.05, 3.63) is 64.4 Å². The van der Waals surface area contributed by atoms with Crippen LogP contribution in [0.25, 0.3) is 10.9 Å². The van der Waals surface area contributed by atoms with Gasteiger partial charge in [-0.2, -0.15) is 4.68 Å². The lowest BCUT2D eigenvalue weighted by molar-refractivity contribution is -0.154. The molecule has 0 saturated heterocycles. The number of ether oxygens (including phenoxy) is 1. The molecular formula is C20H18N4O4. The smallest absolute Gasteiger partial charge is 0.328 e. The number of para-hydroxylation sites is 1. The number of esters is 1. The number of amides is 1. The van der Waals surface area contributed by atoms with Crippen molar-refractivity contribution in [2.24, 2.45) is 0 Å². The number of nitrogens with zero attached hydrogens (tertiary/aromatic N) is 4. The fraction of sp³-hybridized carbons (Fsp3) is 0.250. The Morgan fingerprint density at radius 3 is 2.75 bits per heavy atom. The molecule has 0 radical (unpaired) electrons. The van der Waals surface area contributed by atoms with Crippen LogP contribution in [0.2, 0.25) is 0 Å². The van der Waals surface area contributed by atoms with Crippen molar-refractivity contribution < 1.29 is 14.3 Å². The van der Waals surface area contributed by atoms with Crippen LogP contribution in [0.15, 0.2) is 53.3 Å². The first kappa shape index (κ1) is 17.8. The standard InChI is InChI=1S/C20H18N4O4/c1-13(19(26)23-11-10-14-6-2-5-9-17(14)23)28-18(25)12-24-20(27)15-7-3-4-8-16(15)21-22-24/h2-9,13H,10-12H2,1H3/t13-/m0/s1. The summed E-state index contributed by atoms with van der Waals surface area (Å²) in [5.41, 5.74) is 1.95. The van der Waals surface area contributed by atoms with Gasteiger partial charge in [0.1, 0.15) is 12.1 Å². The third-order valence-electron chi connectivity index (χ3n) is 4.72. The second-order valence-corrected chi connectivity index (χ2v) is 6.57. The molecule has 1 aliphatic rings. The van der Waals surface area contributed by atoms with Gasteiger partial charge in [-0.3, -0.25) is 14.4 Å². The predicted molar refractivity (Wildman–Crippen MR) is 102 cm³/mol. The molecule has 0 saturated carbocycles. The van der Waals surface area contributed by atoms with Crippen LogP contribution in [0.5, 0.6) is 0 Å². The molecule has 0 aliphatic carbocycles. The minimum Gasteiger partial charge on any atom is -0.451 e. The van der Waals surface area contributed by atoms with E-state index in [0.717, 1.165) is 22.4 Å². The molecule has 1 atom stereocenters. The van der Waals surface area contributed by atoms with Gasteiger partial charge < -0.3 is 9.64 Å². The molecule has 0 spiro atoms. The quantitative estimate of drug-likeness (QED) is 0.636. The Morgan fingerprint density at radius 2 is 1.89 bits per heavy atom. The van der Waals surface area contributed by atoms with E-state index in [1.807, 2.05) is 24.3 Å². The number of aromatic nitrogens is 3. The van der Waals surface area contributed by atoms with E-state index in [2.05, 4.69) is 10.3 Å². The van der Waals surface area contributed by atoms with Gasteiger partial charge in [0.25, 0.3) is 11.5 Å². The fourth-order valence-corrected chi connectivity index (χ4v) is 3.32. The van der Waals surface area contributed by atoms with E-state index < -0.39 is 24.2 Å². The first-order chi connectivity index (χ1) is 13.5. The maximum Gasteiger partial charge on any atom is 0.328 e. The highest BCUT2D eigenvalue weighted by atomic mass is 16.5. The number of hydrogen-bond acceptors (Lipinski definition) is 6. The summed E-state index contributed by atoms with van der Waals surface area (Å²) in [7, 11) is 0. The fourth-order valence-electron chi connectivity index (χ4n) is 3.32. The van der Waals surface area contributed by atoms with Crippen LogP contribution in [0.1, 0.15) is 12.5 Å². The molecule has 8 heteroatoms. The third kappa shape index (κ3) is 3.24. The Bertz CT molecular complexity index is 1120.